The lowest BCUT2D eigenvalue weighted by Crippen LogP contribution is -2.48. The molecule has 12 heteroatoms. The molecule has 2 aromatic heterocycles. The number of nitrogens with zero attached hydrogens (tertiary/aromatic N) is 6. The average Bonchev–Trinajstić information content (AvgIpc) is 3.23. The van der Waals surface area contributed by atoms with Crippen LogP contribution in [0, 0.1) is 5.92 Å². The van der Waals surface area contributed by atoms with Crippen LogP contribution in [0.2, 0.25) is 0 Å². The average molecular weight is 466 g/mol. The monoisotopic (exact) mass is 465 g/mol. The first-order valence-electron chi connectivity index (χ1n) is 10.4. The molecule has 4 heterocycles. The van der Waals surface area contributed by atoms with Gasteiger partial charge in [0, 0.05) is 46.2 Å². The van der Waals surface area contributed by atoms with Crippen LogP contribution in [0.1, 0.15) is 26.7 Å². The fourth-order valence-corrected chi connectivity index (χ4v) is 6.42. The van der Waals surface area contributed by atoms with E-state index in [-0.39, 0.29) is 15.2 Å². The zero-order valence-corrected chi connectivity index (χ0v) is 19.3. The molecule has 0 atom stereocenters. The number of hydrogen-bond donors (Lipinski definition) is 1. The van der Waals surface area contributed by atoms with E-state index in [0.29, 0.717) is 26.2 Å². The lowest BCUT2D eigenvalue weighted by molar-refractivity contribution is -0.114. The minimum atomic E-state index is -3.64. The van der Waals surface area contributed by atoms with Gasteiger partial charge in [0.2, 0.25) is 5.91 Å². The van der Waals surface area contributed by atoms with Gasteiger partial charge in [0.15, 0.2) is 21.0 Å². The normalized spacial score (nSPS) is 18.9. The van der Waals surface area contributed by atoms with E-state index in [2.05, 4.69) is 37.2 Å². The van der Waals surface area contributed by atoms with E-state index in [4.69, 9.17) is 0 Å². The van der Waals surface area contributed by atoms with Gasteiger partial charge in [0.05, 0.1) is 6.20 Å². The molecule has 0 spiro atoms. The van der Waals surface area contributed by atoms with E-state index >= 15 is 0 Å². The Bertz CT molecular complexity index is 1010. The molecular formula is C19H27N7O3S2. The minimum Gasteiger partial charge on any atom is -0.355 e. The summed E-state index contributed by atoms with van der Waals surface area (Å²) in [5.74, 6) is 2.14. The summed E-state index contributed by atoms with van der Waals surface area (Å²) in [7, 11) is -3.64. The summed E-state index contributed by atoms with van der Waals surface area (Å²) in [6.07, 6.45) is 3.64. The topological polar surface area (TPSA) is 112 Å². The maximum Gasteiger partial charge on any atom is 0.254 e. The minimum absolute atomic E-state index is 0.129. The second-order valence-corrected chi connectivity index (χ2v) is 11.2. The van der Waals surface area contributed by atoms with Crippen molar-refractivity contribution in [1.82, 2.24) is 19.5 Å². The van der Waals surface area contributed by atoms with Gasteiger partial charge >= 0.3 is 0 Å². The van der Waals surface area contributed by atoms with E-state index in [1.54, 1.807) is 0 Å². The number of amides is 1. The van der Waals surface area contributed by atoms with Gasteiger partial charge in [-0.3, -0.25) is 4.79 Å². The summed E-state index contributed by atoms with van der Waals surface area (Å²) >= 11 is 0.961. The number of sulfonamides is 1. The number of rotatable bonds is 5. The molecular weight excluding hydrogens is 438 g/mol. The largest absolute Gasteiger partial charge is 0.355 e. The maximum atomic E-state index is 12.9. The van der Waals surface area contributed by atoms with E-state index in [1.807, 2.05) is 12.1 Å². The molecule has 1 amide bonds. The number of anilines is 3. The molecule has 0 saturated carbocycles. The molecule has 2 aliphatic rings. The van der Waals surface area contributed by atoms with Crippen molar-refractivity contribution in [2.75, 3.05) is 54.4 Å². The standard InChI is InChI=1S/C19H27N7O3S2/c1-14-5-7-24(8-6-14)16-3-4-17(23-22-16)25-9-11-26(12-10-25)31(28,29)18-13-20-19(30-18)21-15(2)27/h3-4,13-14H,5-12H2,1-2H3,(H,20,21,27). The molecule has 0 bridgehead atoms. The lowest BCUT2D eigenvalue weighted by Gasteiger charge is -2.34. The van der Waals surface area contributed by atoms with Gasteiger partial charge < -0.3 is 15.1 Å². The first-order chi connectivity index (χ1) is 14.8. The second-order valence-electron chi connectivity index (χ2n) is 7.98. The Morgan fingerprint density at radius 1 is 1.03 bits per heavy atom. The van der Waals surface area contributed by atoms with Crippen LogP contribution in [0.4, 0.5) is 16.8 Å². The van der Waals surface area contributed by atoms with Crippen molar-refractivity contribution in [3.63, 3.8) is 0 Å². The summed E-state index contributed by atoms with van der Waals surface area (Å²) in [6, 6.07) is 3.97. The van der Waals surface area contributed by atoms with Gasteiger partial charge in [-0.2, -0.15) is 4.31 Å². The zero-order valence-electron chi connectivity index (χ0n) is 17.7. The van der Waals surface area contributed by atoms with Gasteiger partial charge in [-0.15, -0.1) is 10.2 Å². The molecule has 0 aliphatic carbocycles. The highest BCUT2D eigenvalue weighted by Crippen LogP contribution is 2.27. The second kappa shape index (κ2) is 9.05. The lowest BCUT2D eigenvalue weighted by atomic mass is 9.99. The quantitative estimate of drug-likeness (QED) is 0.709. The fraction of sp³-hybridized carbons (Fsp3) is 0.579. The summed E-state index contributed by atoms with van der Waals surface area (Å²) in [6.45, 7) is 7.42. The Labute approximate surface area is 186 Å². The van der Waals surface area contributed by atoms with E-state index < -0.39 is 10.0 Å². The molecule has 0 unspecified atom stereocenters. The Hall–Kier alpha value is -2.31. The van der Waals surface area contributed by atoms with Gasteiger partial charge in [-0.05, 0) is 30.9 Å². The van der Waals surface area contributed by atoms with Crippen molar-refractivity contribution in [1.29, 1.82) is 0 Å². The van der Waals surface area contributed by atoms with Crippen molar-refractivity contribution >= 4 is 44.0 Å². The van der Waals surface area contributed by atoms with E-state index in [0.717, 1.165) is 42.0 Å². The van der Waals surface area contributed by atoms with Crippen molar-refractivity contribution < 1.29 is 13.2 Å². The van der Waals surface area contributed by atoms with E-state index in [1.165, 1.54) is 30.3 Å². The fourth-order valence-electron chi connectivity index (χ4n) is 3.76. The first-order valence-corrected chi connectivity index (χ1v) is 12.7. The van der Waals surface area contributed by atoms with Gasteiger partial charge in [0.1, 0.15) is 0 Å². The van der Waals surface area contributed by atoms with Crippen molar-refractivity contribution in [2.45, 2.75) is 30.9 Å². The van der Waals surface area contributed by atoms with Crippen LogP contribution in [-0.4, -0.2) is 73.1 Å². The maximum absolute atomic E-state index is 12.9. The molecule has 168 valence electrons. The van der Waals surface area contributed by atoms with Crippen LogP contribution in [0.5, 0.6) is 0 Å². The molecule has 1 N–H and O–H groups in total. The molecule has 10 nitrogen and oxygen atoms in total. The molecule has 2 saturated heterocycles. The smallest absolute Gasteiger partial charge is 0.254 e. The van der Waals surface area contributed by atoms with Gasteiger partial charge in [0.25, 0.3) is 10.0 Å². The van der Waals surface area contributed by atoms with Crippen molar-refractivity contribution in [3.05, 3.63) is 18.3 Å². The molecule has 2 aliphatic heterocycles. The highest BCUT2D eigenvalue weighted by Gasteiger charge is 2.31. The number of piperazine rings is 1. The molecule has 4 rings (SSSR count). The predicted octanol–water partition coefficient (Wildman–Crippen LogP) is 1.64. The zero-order chi connectivity index (χ0) is 22.0. The SMILES string of the molecule is CC(=O)Nc1ncc(S(=O)(=O)N2CCN(c3ccc(N4CCC(C)CC4)nn3)CC2)s1. The third-order valence-corrected chi connectivity index (χ3v) is 8.92. The highest BCUT2D eigenvalue weighted by atomic mass is 32.2. The molecule has 0 radical (unpaired) electrons. The summed E-state index contributed by atoms with van der Waals surface area (Å²) in [5, 5.41) is 11.6. The number of carbonyl (C=O) groups excluding carboxylic acids is 1. The number of hydrogen-bond acceptors (Lipinski definition) is 9. The van der Waals surface area contributed by atoms with Crippen LogP contribution in [0.25, 0.3) is 0 Å². The third-order valence-electron chi connectivity index (χ3n) is 5.67. The Morgan fingerprint density at radius 3 is 2.16 bits per heavy atom. The Kier molecular flexibility index (Phi) is 6.39. The van der Waals surface area contributed by atoms with Crippen LogP contribution in [-0.2, 0) is 14.8 Å². The van der Waals surface area contributed by atoms with Gasteiger partial charge in [-0.25, -0.2) is 13.4 Å². The number of nitrogens with one attached hydrogen (secondary N) is 1. The number of aromatic nitrogens is 3. The predicted molar refractivity (Wildman–Crippen MR) is 120 cm³/mol. The number of thiazole rings is 1. The van der Waals surface area contributed by atoms with Gasteiger partial charge in [-0.1, -0.05) is 18.3 Å². The van der Waals surface area contributed by atoms with E-state index in [9.17, 15) is 13.2 Å². The van der Waals surface area contributed by atoms with Crippen molar-refractivity contribution in [3.8, 4) is 0 Å². The number of piperidine rings is 1. The molecule has 31 heavy (non-hydrogen) atoms. The Balaban J connectivity index is 1.36. The van der Waals surface area contributed by atoms with Crippen molar-refractivity contribution in [2.24, 2.45) is 5.92 Å². The molecule has 0 aromatic carbocycles. The summed E-state index contributed by atoms with van der Waals surface area (Å²) in [4.78, 5) is 19.4. The third kappa shape index (κ3) is 4.96. The summed E-state index contributed by atoms with van der Waals surface area (Å²) in [5.41, 5.74) is 0. The molecule has 2 aromatic rings. The molecule has 2 fully saturated rings. The number of carbonyl (C=O) groups is 1. The summed E-state index contributed by atoms with van der Waals surface area (Å²) < 4.78 is 27.4. The van der Waals surface area contributed by atoms with Crippen LogP contribution < -0.4 is 15.1 Å². The van der Waals surface area contributed by atoms with Crippen LogP contribution in [0.3, 0.4) is 0 Å². The Morgan fingerprint density at radius 2 is 1.61 bits per heavy atom. The highest BCUT2D eigenvalue weighted by molar-refractivity contribution is 7.91. The first kappa shape index (κ1) is 21.9. The van der Waals surface area contributed by atoms with Crippen LogP contribution >= 0.6 is 11.3 Å². The van der Waals surface area contributed by atoms with Crippen LogP contribution in [0.15, 0.2) is 22.5 Å².